The van der Waals surface area contributed by atoms with Gasteiger partial charge < -0.3 is 25.5 Å². The quantitative estimate of drug-likeness (QED) is 0.360. The number of aliphatic hydroxyl groups excluding tert-OH is 1. The van der Waals surface area contributed by atoms with Gasteiger partial charge in [-0.3, -0.25) is 4.79 Å². The summed E-state index contributed by atoms with van der Waals surface area (Å²) in [7, 11) is 0. The van der Waals surface area contributed by atoms with Crippen molar-refractivity contribution in [3.63, 3.8) is 0 Å². The summed E-state index contributed by atoms with van der Waals surface area (Å²) < 4.78 is 0. The van der Waals surface area contributed by atoms with Gasteiger partial charge in [-0.15, -0.1) is 0 Å². The fourth-order valence-electron chi connectivity index (χ4n) is 0. The van der Waals surface area contributed by atoms with Crippen LogP contribution < -0.4 is 0 Å². The summed E-state index contributed by atoms with van der Waals surface area (Å²) in [5.41, 5.74) is 0. The van der Waals surface area contributed by atoms with Crippen molar-refractivity contribution < 1.29 is 42.5 Å². The van der Waals surface area contributed by atoms with Crippen molar-refractivity contribution in [3.05, 3.63) is 15.3 Å². The van der Waals surface area contributed by atoms with Gasteiger partial charge in [0.25, 0.3) is 5.97 Å². The molecule has 0 saturated heterocycles. The van der Waals surface area contributed by atoms with Gasteiger partial charge in [-0.25, -0.2) is 0 Å². The van der Waals surface area contributed by atoms with Crippen LogP contribution >= 0.6 is 0 Å². The Morgan fingerprint density at radius 3 is 1.50 bits per heavy atom. The number of carboxylic acids is 1. The molecule has 0 radical (unpaired) electrons. The van der Waals surface area contributed by atoms with Crippen molar-refractivity contribution in [1.82, 2.24) is 0 Å². The van der Waals surface area contributed by atoms with Crippen molar-refractivity contribution in [2.75, 3.05) is 6.61 Å². The van der Waals surface area contributed by atoms with E-state index in [2.05, 4.69) is 0 Å². The molecule has 0 heterocycles. The first-order valence-electron chi connectivity index (χ1n) is 2.50. The van der Waals surface area contributed by atoms with Crippen molar-refractivity contribution in [2.45, 2.75) is 13.8 Å². The number of hydrogen-bond acceptors (Lipinski definition) is 5. The summed E-state index contributed by atoms with van der Waals surface area (Å²) >= 11 is 0. The topological polar surface area (TPSA) is 124 Å². The van der Waals surface area contributed by atoms with Crippen LogP contribution in [0, 0.1) is 15.3 Å². The third-order valence-corrected chi connectivity index (χ3v) is 0. The van der Waals surface area contributed by atoms with Crippen LogP contribution in [0.25, 0.3) is 0 Å². The molecule has 0 aromatic carbocycles. The number of aliphatic carboxylic acids is 1. The zero-order valence-corrected chi connectivity index (χ0v) is 7.97. The first kappa shape index (κ1) is 22.5. The third-order valence-electron chi connectivity index (χ3n) is 0. The Hall–Kier alpha value is -0.630. The summed E-state index contributed by atoms with van der Waals surface area (Å²) in [5, 5.41) is 29.7. The fourth-order valence-corrected chi connectivity index (χ4v) is 0. The summed E-state index contributed by atoms with van der Waals surface area (Å²) in [6.45, 7) is 3.01. The number of carboxylic acid groups (broad SMARTS) is 1. The smallest absolute Gasteiger partial charge is 0.481 e. The molecule has 0 atom stereocenters. The molecule has 0 bridgehead atoms. The number of carbonyl (C=O) groups is 1. The van der Waals surface area contributed by atoms with Gasteiger partial charge in [-0.1, -0.05) is 0 Å². The molecule has 78 valence electrons. The van der Waals surface area contributed by atoms with Gasteiger partial charge >= 0.3 is 22.4 Å². The van der Waals surface area contributed by atoms with E-state index in [9.17, 15) is 0 Å². The molecule has 0 amide bonds. The Labute approximate surface area is 84.6 Å². The zero-order valence-electron chi connectivity index (χ0n) is 6.48. The van der Waals surface area contributed by atoms with Crippen LogP contribution in [-0.2, 0) is 27.2 Å². The Morgan fingerprint density at radius 1 is 1.50 bits per heavy atom. The molecule has 0 unspecified atom stereocenters. The molecule has 7 nitrogen and oxygen atoms in total. The molecule has 0 aliphatic heterocycles. The molecule has 8 heteroatoms. The normalized spacial score (nSPS) is 5.58. The van der Waals surface area contributed by atoms with Crippen LogP contribution in [0.1, 0.15) is 13.8 Å². The van der Waals surface area contributed by atoms with Gasteiger partial charge in [0.15, 0.2) is 0 Å². The molecule has 0 fully saturated rings. The third kappa shape index (κ3) is 1660. The second kappa shape index (κ2) is 22.4. The van der Waals surface area contributed by atoms with E-state index in [1.54, 1.807) is 6.92 Å². The van der Waals surface area contributed by atoms with E-state index in [0.717, 1.165) is 6.92 Å². The maximum Gasteiger partial charge on any atom is 1.00 e. The molecular formula is C4H10AgNO6. The molecule has 0 aromatic heterocycles. The molecule has 0 spiro atoms. The van der Waals surface area contributed by atoms with E-state index in [1.807, 2.05) is 0 Å². The van der Waals surface area contributed by atoms with Gasteiger partial charge in [0.2, 0.25) is 0 Å². The predicted molar refractivity (Wildman–Crippen MR) is 36.4 cm³/mol. The van der Waals surface area contributed by atoms with Crippen molar-refractivity contribution in [3.8, 4) is 0 Å². The minimum Gasteiger partial charge on any atom is -0.481 e. The van der Waals surface area contributed by atoms with Gasteiger partial charge in [0.1, 0.15) is 0 Å². The molecule has 0 aromatic rings. The van der Waals surface area contributed by atoms with Crippen molar-refractivity contribution in [2.24, 2.45) is 0 Å². The largest absolute Gasteiger partial charge is 1.00 e. The molecular weight excluding hydrogens is 266 g/mol. The fraction of sp³-hybridized carbons (Fsp3) is 0.750. The first-order chi connectivity index (χ1) is 4.88. The maximum atomic E-state index is 9.00. The van der Waals surface area contributed by atoms with Gasteiger partial charge in [0, 0.05) is 13.5 Å². The van der Waals surface area contributed by atoms with Crippen LogP contribution in [0.4, 0.5) is 0 Å². The van der Waals surface area contributed by atoms with E-state index in [0.29, 0.717) is 0 Å². The SMILES string of the molecule is CC(=O)O.CCO.O=[N+]([O-])[O-].[Ag+]. The van der Waals surface area contributed by atoms with Gasteiger partial charge in [-0.05, 0) is 6.92 Å². The number of rotatable bonds is 0. The molecule has 0 aliphatic rings. The molecule has 0 rings (SSSR count). The Balaban J connectivity index is -0.0000000389. The van der Waals surface area contributed by atoms with Gasteiger partial charge in [0.05, 0.1) is 5.09 Å². The molecule has 0 aliphatic carbocycles. The molecule has 0 saturated carbocycles. The van der Waals surface area contributed by atoms with E-state index in [4.69, 9.17) is 30.3 Å². The monoisotopic (exact) mass is 275 g/mol. The van der Waals surface area contributed by atoms with Crippen LogP contribution in [0.2, 0.25) is 0 Å². The molecule has 2 N–H and O–H groups in total. The Kier molecular flexibility index (Phi) is 42.1. The predicted octanol–water partition coefficient (Wildman–Crippen LogP) is -0.152. The minimum atomic E-state index is -1.75. The summed E-state index contributed by atoms with van der Waals surface area (Å²) in [6, 6.07) is 0. The van der Waals surface area contributed by atoms with Crippen molar-refractivity contribution >= 4 is 5.97 Å². The maximum absolute atomic E-state index is 9.00. The zero-order chi connectivity index (χ0) is 9.86. The van der Waals surface area contributed by atoms with E-state index < -0.39 is 11.1 Å². The summed E-state index contributed by atoms with van der Waals surface area (Å²) in [5.74, 6) is -0.833. The minimum absolute atomic E-state index is 0. The number of nitrogens with zero attached hydrogens (tertiary/aromatic N) is 1. The average Bonchev–Trinajstić information content (AvgIpc) is 1.60. The van der Waals surface area contributed by atoms with E-state index >= 15 is 0 Å². The van der Waals surface area contributed by atoms with Crippen LogP contribution in [0.3, 0.4) is 0 Å². The summed E-state index contributed by atoms with van der Waals surface area (Å²) in [4.78, 5) is 17.2. The second-order valence-corrected chi connectivity index (χ2v) is 1.06. The number of hydrogen-bond donors (Lipinski definition) is 2. The van der Waals surface area contributed by atoms with Crippen LogP contribution in [-0.4, -0.2) is 27.9 Å². The van der Waals surface area contributed by atoms with Crippen LogP contribution in [0.5, 0.6) is 0 Å². The summed E-state index contributed by atoms with van der Waals surface area (Å²) in [6.07, 6.45) is 0. The molecule has 12 heavy (non-hydrogen) atoms. The standard InChI is InChI=1S/C2H4O2.C2H6O.Ag.NO3/c1-2(3)4;1-2-3;;2-1(3)4/h1H3,(H,3,4);3H,2H2,1H3;;/q;;+1;-1. The number of aliphatic hydroxyl groups is 1. The second-order valence-electron chi connectivity index (χ2n) is 1.06. The van der Waals surface area contributed by atoms with E-state index in [-0.39, 0.29) is 29.0 Å². The van der Waals surface area contributed by atoms with Crippen LogP contribution in [0.15, 0.2) is 0 Å². The van der Waals surface area contributed by atoms with Crippen molar-refractivity contribution in [1.29, 1.82) is 0 Å². The van der Waals surface area contributed by atoms with E-state index in [1.165, 1.54) is 0 Å². The Morgan fingerprint density at radius 2 is 1.50 bits per heavy atom. The first-order valence-corrected chi connectivity index (χ1v) is 2.50. The average molecular weight is 276 g/mol. The van der Waals surface area contributed by atoms with Gasteiger partial charge in [-0.2, -0.15) is 0 Å². The Bertz CT molecular complexity index is 87.7.